The lowest BCUT2D eigenvalue weighted by atomic mass is 10.1. The second-order valence-corrected chi connectivity index (χ2v) is 11.2. The summed E-state index contributed by atoms with van der Waals surface area (Å²) < 4.78 is 31.2. The molecule has 1 aromatic carbocycles. The van der Waals surface area contributed by atoms with Crippen LogP contribution in [-0.2, 0) is 27.2 Å². The van der Waals surface area contributed by atoms with E-state index in [0.29, 0.717) is 12.2 Å². The molecule has 0 radical (unpaired) electrons. The molecule has 0 aliphatic rings. The van der Waals surface area contributed by atoms with Gasteiger partial charge in [0.2, 0.25) is 11.1 Å². The fraction of sp³-hybridized carbons (Fsp3) is 0.500. The molecule has 2 heterocycles. The van der Waals surface area contributed by atoms with Crippen molar-refractivity contribution in [3.05, 3.63) is 47.3 Å². The van der Waals surface area contributed by atoms with E-state index in [2.05, 4.69) is 30.7 Å². The molecule has 0 aliphatic heterocycles. The van der Waals surface area contributed by atoms with Gasteiger partial charge in [-0.25, -0.2) is 19.2 Å². The highest BCUT2D eigenvalue weighted by Gasteiger charge is 2.26. The number of hydrogen-bond donors (Lipinski definition) is 1. The first-order chi connectivity index (χ1) is 18.7. The highest BCUT2D eigenvalue weighted by Crippen LogP contribution is 2.23. The molecule has 1 amide bonds. The van der Waals surface area contributed by atoms with Gasteiger partial charge in [-0.15, -0.1) is 10.2 Å². The number of ether oxygens (including phenoxy) is 3. The topological polar surface area (TPSA) is 143 Å². The SMILES string of the molecule is CC(C)(C)OC(=O)C[C@@H](Cn1nnc(-c2ccc(OCCc3cnc(Cl)nc3)cc2F)n1)NC(=O)OC(C)(C)C. The van der Waals surface area contributed by atoms with Gasteiger partial charge >= 0.3 is 12.1 Å². The molecule has 3 aromatic rings. The zero-order valence-corrected chi connectivity index (χ0v) is 24.0. The molecular weight excluding hydrogens is 545 g/mol. The smallest absolute Gasteiger partial charge is 0.407 e. The number of alkyl carbamates (subject to hydrolysis) is 1. The molecule has 1 N–H and O–H groups in total. The molecule has 0 spiro atoms. The highest BCUT2D eigenvalue weighted by atomic mass is 35.5. The predicted octanol–water partition coefficient (Wildman–Crippen LogP) is 4.17. The molecule has 0 saturated carbocycles. The number of nitrogens with one attached hydrogen (secondary N) is 1. The van der Waals surface area contributed by atoms with Crippen molar-refractivity contribution in [2.24, 2.45) is 0 Å². The summed E-state index contributed by atoms with van der Waals surface area (Å²) in [6.45, 7) is 10.6. The van der Waals surface area contributed by atoms with Gasteiger partial charge < -0.3 is 19.5 Å². The molecule has 0 saturated heterocycles. The third kappa shape index (κ3) is 10.4. The fourth-order valence-corrected chi connectivity index (χ4v) is 3.46. The zero-order valence-electron chi connectivity index (χ0n) is 23.3. The van der Waals surface area contributed by atoms with E-state index in [1.165, 1.54) is 16.9 Å². The van der Waals surface area contributed by atoms with Crippen molar-refractivity contribution in [3.63, 3.8) is 0 Å². The van der Waals surface area contributed by atoms with Gasteiger partial charge in [-0.2, -0.15) is 4.80 Å². The normalized spacial score (nSPS) is 12.5. The molecule has 3 rings (SSSR count). The minimum absolute atomic E-state index is 0.0237. The summed E-state index contributed by atoms with van der Waals surface area (Å²) >= 11 is 5.68. The van der Waals surface area contributed by atoms with Crippen LogP contribution in [0.4, 0.5) is 9.18 Å². The number of carbonyl (C=O) groups excluding carboxylic acids is 2. The number of tetrazole rings is 1. The third-order valence-electron chi connectivity index (χ3n) is 4.91. The van der Waals surface area contributed by atoms with Gasteiger partial charge in [-0.05, 0) is 76.1 Å². The monoisotopic (exact) mass is 577 g/mol. The molecule has 2 aromatic heterocycles. The summed E-state index contributed by atoms with van der Waals surface area (Å²) in [5.74, 6) is -0.790. The van der Waals surface area contributed by atoms with Gasteiger partial charge in [0, 0.05) is 24.9 Å². The largest absolute Gasteiger partial charge is 0.493 e. The Bertz CT molecular complexity index is 1280. The lowest BCUT2D eigenvalue weighted by molar-refractivity contribution is -0.155. The molecule has 0 fully saturated rings. The van der Waals surface area contributed by atoms with Gasteiger partial charge in [0.25, 0.3) is 0 Å². The Morgan fingerprint density at radius 2 is 1.75 bits per heavy atom. The zero-order chi connectivity index (χ0) is 29.5. The summed E-state index contributed by atoms with van der Waals surface area (Å²) in [6, 6.07) is 3.52. The number of hydrogen-bond acceptors (Lipinski definition) is 10. The quantitative estimate of drug-likeness (QED) is 0.275. The Balaban J connectivity index is 1.66. The predicted molar refractivity (Wildman–Crippen MR) is 143 cm³/mol. The highest BCUT2D eigenvalue weighted by molar-refractivity contribution is 6.28. The number of carbonyl (C=O) groups is 2. The van der Waals surface area contributed by atoms with Crippen molar-refractivity contribution in [2.75, 3.05) is 6.61 Å². The van der Waals surface area contributed by atoms with Crippen LogP contribution in [0.2, 0.25) is 5.28 Å². The van der Waals surface area contributed by atoms with Crippen molar-refractivity contribution >= 4 is 23.7 Å². The Morgan fingerprint density at radius 3 is 2.38 bits per heavy atom. The molecule has 14 heteroatoms. The molecular formula is C26H33ClFN7O5. The maximum Gasteiger partial charge on any atom is 0.407 e. The number of benzene rings is 1. The standard InChI is InChI=1S/C26H33ClFN7O5/c1-25(2,3)39-21(36)11-17(31-24(37)40-26(4,5)6)15-35-33-22(32-34-35)19-8-7-18(12-20(19)28)38-10-9-16-13-29-23(27)30-14-16/h7-8,12-14,17H,9-11,15H2,1-6H3,(H,31,37)/t17-/m0/s1. The summed E-state index contributed by atoms with van der Waals surface area (Å²) in [5, 5.41) is 14.9. The van der Waals surface area contributed by atoms with Crippen LogP contribution in [-0.4, -0.2) is 66.1 Å². The Labute approximate surface area is 236 Å². The van der Waals surface area contributed by atoms with Crippen LogP contribution in [0, 0.1) is 5.82 Å². The van der Waals surface area contributed by atoms with Gasteiger partial charge in [0.1, 0.15) is 22.8 Å². The lowest BCUT2D eigenvalue weighted by Gasteiger charge is -2.24. The molecule has 0 aliphatic carbocycles. The van der Waals surface area contributed by atoms with Gasteiger partial charge in [0.15, 0.2) is 0 Å². The van der Waals surface area contributed by atoms with Crippen molar-refractivity contribution < 1.29 is 28.2 Å². The first kappa shape index (κ1) is 30.7. The van der Waals surface area contributed by atoms with Gasteiger partial charge in [0.05, 0.1) is 31.2 Å². The number of esters is 1. The van der Waals surface area contributed by atoms with E-state index < -0.39 is 35.1 Å². The van der Waals surface area contributed by atoms with Crippen LogP contribution in [0.5, 0.6) is 5.75 Å². The molecule has 1 atom stereocenters. The number of aromatic nitrogens is 6. The Morgan fingerprint density at radius 1 is 1.07 bits per heavy atom. The van der Waals surface area contributed by atoms with Crippen molar-refractivity contribution in [3.8, 4) is 17.1 Å². The van der Waals surface area contributed by atoms with Crippen LogP contribution in [0.1, 0.15) is 53.5 Å². The molecule has 0 unspecified atom stereocenters. The van der Waals surface area contributed by atoms with Crippen molar-refractivity contribution in [1.29, 1.82) is 0 Å². The summed E-state index contributed by atoms with van der Waals surface area (Å²) in [6.07, 6.45) is 2.82. The maximum absolute atomic E-state index is 14.9. The van der Waals surface area contributed by atoms with E-state index >= 15 is 0 Å². The average molecular weight is 578 g/mol. The Hall–Kier alpha value is -3.87. The second kappa shape index (κ2) is 13.0. The van der Waals surface area contributed by atoms with E-state index in [1.807, 2.05) is 0 Å². The van der Waals surface area contributed by atoms with E-state index in [1.54, 1.807) is 60.0 Å². The number of rotatable bonds is 10. The van der Waals surface area contributed by atoms with Crippen LogP contribution in [0.15, 0.2) is 30.6 Å². The van der Waals surface area contributed by atoms with Crippen LogP contribution < -0.4 is 10.1 Å². The van der Waals surface area contributed by atoms with Crippen molar-refractivity contribution in [1.82, 2.24) is 35.5 Å². The average Bonchev–Trinajstić information content (AvgIpc) is 3.26. The maximum atomic E-state index is 14.9. The van der Waals surface area contributed by atoms with E-state index in [4.69, 9.17) is 25.8 Å². The summed E-state index contributed by atoms with van der Waals surface area (Å²) in [7, 11) is 0. The number of nitrogens with zero attached hydrogens (tertiary/aromatic N) is 6. The minimum Gasteiger partial charge on any atom is -0.493 e. The third-order valence-corrected chi connectivity index (χ3v) is 5.10. The van der Waals surface area contributed by atoms with E-state index in [-0.39, 0.29) is 36.2 Å². The second-order valence-electron chi connectivity index (χ2n) is 10.9. The molecule has 12 nitrogen and oxygen atoms in total. The lowest BCUT2D eigenvalue weighted by Crippen LogP contribution is -2.43. The van der Waals surface area contributed by atoms with Crippen LogP contribution in [0.3, 0.4) is 0 Å². The molecule has 40 heavy (non-hydrogen) atoms. The number of amides is 1. The summed E-state index contributed by atoms with van der Waals surface area (Å²) in [5.41, 5.74) is -0.511. The van der Waals surface area contributed by atoms with Crippen LogP contribution in [0.25, 0.3) is 11.4 Å². The first-order valence-electron chi connectivity index (χ1n) is 12.6. The number of halogens is 2. The van der Waals surface area contributed by atoms with E-state index in [0.717, 1.165) is 5.56 Å². The minimum atomic E-state index is -0.779. The summed E-state index contributed by atoms with van der Waals surface area (Å²) in [4.78, 5) is 33.8. The molecule has 216 valence electrons. The van der Waals surface area contributed by atoms with Crippen molar-refractivity contribution in [2.45, 2.75) is 78.2 Å². The van der Waals surface area contributed by atoms with E-state index in [9.17, 15) is 14.0 Å². The van der Waals surface area contributed by atoms with Gasteiger partial charge in [-0.3, -0.25) is 4.79 Å². The van der Waals surface area contributed by atoms with Gasteiger partial charge in [-0.1, -0.05) is 0 Å². The fourth-order valence-electron chi connectivity index (χ4n) is 3.37. The van der Waals surface area contributed by atoms with Crippen LogP contribution >= 0.6 is 11.6 Å². The first-order valence-corrected chi connectivity index (χ1v) is 12.9. The molecule has 0 bridgehead atoms. The Kier molecular flexibility index (Phi) is 9.96.